The highest BCUT2D eigenvalue weighted by molar-refractivity contribution is 5.88. The molecule has 1 aromatic heterocycles. The molecule has 1 aliphatic rings. The molecule has 2 heterocycles. The molecule has 0 aliphatic carbocycles. The molecule has 1 aromatic carbocycles. The number of halogens is 6. The molecule has 32 heavy (non-hydrogen) atoms. The van der Waals surface area contributed by atoms with Crippen LogP contribution in [0.25, 0.3) is 11.3 Å². The molecule has 0 radical (unpaired) electrons. The second-order valence-electron chi connectivity index (χ2n) is 7.61. The first-order valence-corrected chi connectivity index (χ1v) is 9.75. The maximum absolute atomic E-state index is 13.8. The van der Waals surface area contributed by atoms with Crippen LogP contribution in [0.3, 0.4) is 0 Å². The summed E-state index contributed by atoms with van der Waals surface area (Å²) in [5.74, 6) is -6.56. The fraction of sp³-hybridized carbons (Fsp3) is 0.429. The Morgan fingerprint density at radius 3 is 2.34 bits per heavy atom. The van der Waals surface area contributed by atoms with Crippen LogP contribution in [0.15, 0.2) is 36.5 Å². The van der Waals surface area contributed by atoms with Gasteiger partial charge in [0.25, 0.3) is 0 Å². The predicted octanol–water partition coefficient (Wildman–Crippen LogP) is 4.87. The standard InChI is InChI=1S/C21H20F6N2O3/c22-17-9-14(1-3-16(17)19(30)31)18-4-2-15(10-28-18)32-11-13-5-7-29(8-6-13)12-20(23,24)21(25,26)27/h1-4,9-10,13H,5-8,11-12H2,(H,30,31). The number of aromatic nitrogens is 1. The van der Waals surface area contributed by atoms with Crippen molar-refractivity contribution in [2.24, 2.45) is 5.92 Å². The van der Waals surface area contributed by atoms with Gasteiger partial charge in [0.05, 0.1) is 30.6 Å². The summed E-state index contributed by atoms with van der Waals surface area (Å²) < 4.78 is 82.8. The molecular weight excluding hydrogens is 442 g/mol. The van der Waals surface area contributed by atoms with E-state index in [9.17, 15) is 31.1 Å². The topological polar surface area (TPSA) is 62.7 Å². The van der Waals surface area contributed by atoms with Crippen LogP contribution >= 0.6 is 0 Å². The summed E-state index contributed by atoms with van der Waals surface area (Å²) in [6.45, 7) is -0.848. The Labute approximate surface area is 179 Å². The number of rotatable bonds is 7. The van der Waals surface area contributed by atoms with Crippen LogP contribution in [0.4, 0.5) is 26.3 Å². The number of carboxylic acids is 1. The van der Waals surface area contributed by atoms with Crippen LogP contribution < -0.4 is 4.74 Å². The second kappa shape index (κ2) is 9.35. The first-order valence-electron chi connectivity index (χ1n) is 9.75. The van der Waals surface area contributed by atoms with Gasteiger partial charge in [0.1, 0.15) is 11.6 Å². The minimum Gasteiger partial charge on any atom is -0.492 e. The number of aromatic carboxylic acids is 1. The second-order valence-corrected chi connectivity index (χ2v) is 7.61. The summed E-state index contributed by atoms with van der Waals surface area (Å²) in [6.07, 6.45) is -3.29. The average molecular weight is 462 g/mol. The van der Waals surface area contributed by atoms with E-state index in [1.54, 1.807) is 12.1 Å². The van der Waals surface area contributed by atoms with E-state index >= 15 is 0 Å². The number of hydrogen-bond acceptors (Lipinski definition) is 4. The summed E-state index contributed by atoms with van der Waals surface area (Å²) in [7, 11) is 0. The molecule has 1 N–H and O–H groups in total. The quantitative estimate of drug-likeness (QED) is 0.595. The fourth-order valence-electron chi connectivity index (χ4n) is 3.38. The minimum absolute atomic E-state index is 0.00287. The zero-order valence-electron chi connectivity index (χ0n) is 16.7. The summed E-state index contributed by atoms with van der Waals surface area (Å²) >= 11 is 0. The summed E-state index contributed by atoms with van der Waals surface area (Å²) in [5.41, 5.74) is 0.357. The van der Waals surface area contributed by atoms with Gasteiger partial charge in [0, 0.05) is 5.56 Å². The van der Waals surface area contributed by atoms with E-state index in [-0.39, 0.29) is 25.6 Å². The molecule has 0 bridgehead atoms. The Kier molecular flexibility index (Phi) is 6.97. The van der Waals surface area contributed by atoms with Gasteiger partial charge in [-0.25, -0.2) is 9.18 Å². The smallest absolute Gasteiger partial charge is 0.454 e. The van der Waals surface area contributed by atoms with Crippen LogP contribution in [0.1, 0.15) is 23.2 Å². The van der Waals surface area contributed by atoms with Crippen LogP contribution in [0, 0.1) is 11.7 Å². The van der Waals surface area contributed by atoms with Crippen molar-refractivity contribution >= 4 is 5.97 Å². The van der Waals surface area contributed by atoms with Gasteiger partial charge in [-0.05, 0) is 56.1 Å². The summed E-state index contributed by atoms with van der Waals surface area (Å²) in [5, 5.41) is 8.87. The van der Waals surface area contributed by atoms with Gasteiger partial charge >= 0.3 is 18.1 Å². The third-order valence-electron chi connectivity index (χ3n) is 5.26. The highest BCUT2D eigenvalue weighted by Gasteiger charge is 2.58. The van der Waals surface area contributed by atoms with E-state index in [0.29, 0.717) is 29.8 Å². The zero-order chi connectivity index (χ0) is 23.5. The lowest BCUT2D eigenvalue weighted by molar-refractivity contribution is -0.287. The lowest BCUT2D eigenvalue weighted by Crippen LogP contribution is -2.49. The Bertz CT molecular complexity index is 942. The van der Waals surface area contributed by atoms with Gasteiger partial charge in [0.15, 0.2) is 0 Å². The number of ether oxygens (including phenoxy) is 1. The number of benzene rings is 1. The number of hydrogen-bond donors (Lipinski definition) is 1. The van der Waals surface area contributed by atoms with Crippen molar-refractivity contribution < 1.29 is 41.0 Å². The maximum atomic E-state index is 13.8. The van der Waals surface area contributed by atoms with Crippen molar-refractivity contribution in [2.45, 2.75) is 24.9 Å². The van der Waals surface area contributed by atoms with Gasteiger partial charge in [-0.3, -0.25) is 9.88 Å². The number of carboxylic acid groups (broad SMARTS) is 1. The summed E-state index contributed by atoms with van der Waals surface area (Å²) in [6, 6.07) is 6.83. The number of pyridine rings is 1. The Morgan fingerprint density at radius 2 is 1.81 bits per heavy atom. The highest BCUT2D eigenvalue weighted by Crippen LogP contribution is 2.36. The van der Waals surface area contributed by atoms with Gasteiger partial charge in [-0.15, -0.1) is 0 Å². The van der Waals surface area contributed by atoms with Gasteiger partial charge < -0.3 is 9.84 Å². The van der Waals surface area contributed by atoms with E-state index in [1.807, 2.05) is 0 Å². The third kappa shape index (κ3) is 5.70. The van der Waals surface area contributed by atoms with E-state index in [0.717, 1.165) is 17.0 Å². The van der Waals surface area contributed by atoms with Gasteiger partial charge in [0.2, 0.25) is 0 Å². The Morgan fingerprint density at radius 1 is 1.12 bits per heavy atom. The third-order valence-corrected chi connectivity index (χ3v) is 5.26. The van der Waals surface area contributed by atoms with Gasteiger partial charge in [-0.1, -0.05) is 6.07 Å². The van der Waals surface area contributed by atoms with Crippen molar-refractivity contribution in [3.8, 4) is 17.0 Å². The minimum atomic E-state index is -5.56. The number of carbonyl (C=O) groups is 1. The molecule has 0 amide bonds. The molecule has 5 nitrogen and oxygen atoms in total. The number of piperidine rings is 1. The lowest BCUT2D eigenvalue weighted by Gasteiger charge is -2.34. The van der Waals surface area contributed by atoms with Crippen LogP contribution in [-0.2, 0) is 0 Å². The monoisotopic (exact) mass is 462 g/mol. The Balaban J connectivity index is 1.49. The number of alkyl halides is 5. The SMILES string of the molecule is O=C(O)c1ccc(-c2ccc(OCC3CCN(CC(F)(F)C(F)(F)F)CC3)cn2)cc1F. The van der Waals surface area contributed by atoms with Crippen molar-refractivity contribution in [3.05, 3.63) is 47.9 Å². The van der Waals surface area contributed by atoms with Crippen LogP contribution in [0.2, 0.25) is 0 Å². The highest BCUT2D eigenvalue weighted by atomic mass is 19.4. The Hall–Kier alpha value is -2.82. The summed E-state index contributed by atoms with van der Waals surface area (Å²) in [4.78, 5) is 16.2. The largest absolute Gasteiger partial charge is 0.492 e. The molecule has 2 aromatic rings. The first-order chi connectivity index (χ1) is 15.0. The van der Waals surface area contributed by atoms with Crippen molar-refractivity contribution in [2.75, 3.05) is 26.2 Å². The number of likely N-dealkylation sites (tertiary alicyclic amines) is 1. The molecule has 174 valence electrons. The predicted molar refractivity (Wildman–Crippen MR) is 102 cm³/mol. The molecule has 1 aliphatic heterocycles. The molecule has 1 saturated heterocycles. The molecule has 11 heteroatoms. The van der Waals surface area contributed by atoms with E-state index in [2.05, 4.69) is 4.98 Å². The van der Waals surface area contributed by atoms with Crippen LogP contribution in [-0.4, -0.2) is 59.3 Å². The maximum Gasteiger partial charge on any atom is 0.454 e. The van der Waals surface area contributed by atoms with Crippen molar-refractivity contribution in [3.63, 3.8) is 0 Å². The average Bonchev–Trinajstić information content (AvgIpc) is 2.72. The molecule has 0 unspecified atom stereocenters. The first kappa shape index (κ1) is 23.8. The lowest BCUT2D eigenvalue weighted by atomic mass is 9.97. The normalized spacial score (nSPS) is 16.2. The molecular formula is C21H20F6N2O3. The van der Waals surface area contributed by atoms with Gasteiger partial charge in [-0.2, -0.15) is 22.0 Å². The van der Waals surface area contributed by atoms with E-state index < -0.39 is 36.0 Å². The van der Waals surface area contributed by atoms with Crippen LogP contribution in [0.5, 0.6) is 5.75 Å². The van der Waals surface area contributed by atoms with Crippen molar-refractivity contribution in [1.29, 1.82) is 0 Å². The molecule has 1 fully saturated rings. The van der Waals surface area contributed by atoms with E-state index in [1.165, 1.54) is 12.3 Å². The number of nitrogens with zero attached hydrogens (tertiary/aromatic N) is 2. The molecule has 0 atom stereocenters. The van der Waals surface area contributed by atoms with Crippen molar-refractivity contribution in [1.82, 2.24) is 9.88 Å². The molecule has 0 saturated carbocycles. The zero-order valence-corrected chi connectivity index (χ0v) is 16.7. The molecule has 3 rings (SSSR count). The fourth-order valence-corrected chi connectivity index (χ4v) is 3.38. The van der Waals surface area contributed by atoms with E-state index in [4.69, 9.17) is 9.84 Å². The molecule has 0 spiro atoms.